The third-order valence-corrected chi connectivity index (χ3v) is 2.92. The molecule has 0 unspecified atom stereocenters. The molecule has 0 bridgehead atoms. The maximum atomic E-state index is 9.46. The van der Waals surface area contributed by atoms with Crippen molar-refractivity contribution in [3.05, 3.63) is 42.9 Å². The highest BCUT2D eigenvalue weighted by Crippen LogP contribution is 2.27. The molecule has 4 aromatic rings. The van der Waals surface area contributed by atoms with Crippen molar-refractivity contribution in [3.8, 4) is 17.3 Å². The zero-order valence-electron chi connectivity index (χ0n) is 9.69. The van der Waals surface area contributed by atoms with Crippen LogP contribution < -0.4 is 0 Å². The van der Waals surface area contributed by atoms with Gasteiger partial charge in [-0.1, -0.05) is 0 Å². The fourth-order valence-corrected chi connectivity index (χ4v) is 2.04. The monoisotopic (exact) mass is 252 g/mol. The van der Waals surface area contributed by atoms with Crippen molar-refractivity contribution in [3.63, 3.8) is 0 Å². The number of aromatic nitrogens is 4. The smallest absolute Gasteiger partial charge is 0.229 e. The van der Waals surface area contributed by atoms with Gasteiger partial charge in [0.05, 0.1) is 6.20 Å². The van der Waals surface area contributed by atoms with E-state index in [9.17, 15) is 5.11 Å². The van der Waals surface area contributed by atoms with Gasteiger partial charge in [0.15, 0.2) is 11.4 Å². The molecule has 6 nitrogen and oxygen atoms in total. The summed E-state index contributed by atoms with van der Waals surface area (Å²) in [5, 5.41) is 14.4. The molecular formula is C13H8N4O2. The quantitative estimate of drug-likeness (QED) is 0.562. The number of fused-ring (bicyclic) bond motifs is 2. The minimum Gasteiger partial charge on any atom is -0.492 e. The molecule has 0 saturated heterocycles. The Hall–Kier alpha value is -2.89. The largest absolute Gasteiger partial charge is 0.492 e. The van der Waals surface area contributed by atoms with Crippen molar-refractivity contribution in [1.29, 1.82) is 0 Å². The van der Waals surface area contributed by atoms with E-state index in [0.717, 1.165) is 11.0 Å². The highest BCUT2D eigenvalue weighted by atomic mass is 16.3. The number of furan rings is 1. The Morgan fingerprint density at radius 3 is 3.00 bits per heavy atom. The van der Waals surface area contributed by atoms with Crippen LogP contribution in [-0.4, -0.2) is 24.7 Å². The lowest BCUT2D eigenvalue weighted by Crippen LogP contribution is -1.92. The van der Waals surface area contributed by atoms with Crippen LogP contribution in [0.1, 0.15) is 0 Å². The molecule has 1 N–H and O–H groups in total. The van der Waals surface area contributed by atoms with Crippen LogP contribution in [-0.2, 0) is 0 Å². The maximum absolute atomic E-state index is 9.46. The van der Waals surface area contributed by atoms with Gasteiger partial charge in [-0.05, 0) is 18.2 Å². The van der Waals surface area contributed by atoms with Crippen molar-refractivity contribution in [2.75, 3.05) is 0 Å². The van der Waals surface area contributed by atoms with Gasteiger partial charge in [0.25, 0.3) is 0 Å². The summed E-state index contributed by atoms with van der Waals surface area (Å²) in [4.78, 5) is 8.27. The molecule has 0 aromatic carbocycles. The van der Waals surface area contributed by atoms with Gasteiger partial charge >= 0.3 is 0 Å². The SMILES string of the molecule is Oc1ccc2ncc(-c3cc4cnccc4o3)n2n1. The van der Waals surface area contributed by atoms with E-state index in [1.807, 2.05) is 6.07 Å². The Balaban J connectivity index is 2.00. The summed E-state index contributed by atoms with van der Waals surface area (Å²) in [5.74, 6) is 0.568. The van der Waals surface area contributed by atoms with Crippen LogP contribution in [0.15, 0.2) is 47.3 Å². The topological polar surface area (TPSA) is 76.5 Å². The van der Waals surface area contributed by atoms with Crippen molar-refractivity contribution >= 4 is 16.6 Å². The average molecular weight is 252 g/mol. The van der Waals surface area contributed by atoms with Gasteiger partial charge in [-0.3, -0.25) is 4.98 Å². The lowest BCUT2D eigenvalue weighted by Gasteiger charge is -1.97. The van der Waals surface area contributed by atoms with Gasteiger partial charge < -0.3 is 9.52 Å². The third kappa shape index (κ3) is 1.46. The molecule has 0 amide bonds. The molecule has 0 saturated carbocycles. The first-order valence-corrected chi connectivity index (χ1v) is 5.69. The normalized spacial score (nSPS) is 11.4. The molecule has 92 valence electrons. The second-order valence-corrected chi connectivity index (χ2v) is 4.13. The molecule has 0 fully saturated rings. The van der Waals surface area contributed by atoms with Crippen LogP contribution in [0.3, 0.4) is 0 Å². The number of hydrogen-bond donors (Lipinski definition) is 1. The number of pyridine rings is 1. The zero-order chi connectivity index (χ0) is 12.8. The van der Waals surface area contributed by atoms with Crippen molar-refractivity contribution in [2.45, 2.75) is 0 Å². The first kappa shape index (κ1) is 10.1. The molecule has 6 heteroatoms. The zero-order valence-corrected chi connectivity index (χ0v) is 9.69. The van der Waals surface area contributed by atoms with E-state index in [1.165, 1.54) is 6.07 Å². The van der Waals surface area contributed by atoms with Gasteiger partial charge in [-0.25, -0.2) is 9.50 Å². The summed E-state index contributed by atoms with van der Waals surface area (Å²) in [5.41, 5.74) is 2.08. The highest BCUT2D eigenvalue weighted by Gasteiger charge is 2.12. The van der Waals surface area contributed by atoms with Crippen molar-refractivity contribution in [1.82, 2.24) is 19.6 Å². The average Bonchev–Trinajstić information content (AvgIpc) is 3.00. The van der Waals surface area contributed by atoms with Crippen LogP contribution in [0.25, 0.3) is 28.1 Å². The standard InChI is InChI=1S/C13H8N4O2/c18-13-2-1-12-15-7-9(17(12)16-13)11-5-8-6-14-4-3-10(8)19-11/h1-7H,(H,16,18). The van der Waals surface area contributed by atoms with E-state index in [1.54, 1.807) is 35.2 Å². The number of nitrogens with zero attached hydrogens (tertiary/aromatic N) is 4. The van der Waals surface area contributed by atoms with Gasteiger partial charge in [0, 0.05) is 23.8 Å². The number of aromatic hydroxyl groups is 1. The minimum absolute atomic E-state index is 0.0653. The maximum Gasteiger partial charge on any atom is 0.229 e. The predicted octanol–water partition coefficient (Wildman–Crippen LogP) is 2.24. The molecule has 0 aliphatic carbocycles. The molecule has 0 aliphatic rings. The van der Waals surface area contributed by atoms with Gasteiger partial charge in [-0.2, -0.15) is 0 Å². The van der Waals surface area contributed by atoms with E-state index in [4.69, 9.17) is 4.42 Å². The van der Waals surface area contributed by atoms with Gasteiger partial charge in [0.2, 0.25) is 5.88 Å². The second kappa shape index (κ2) is 3.55. The summed E-state index contributed by atoms with van der Waals surface area (Å²) in [7, 11) is 0. The number of hydrogen-bond acceptors (Lipinski definition) is 5. The highest BCUT2D eigenvalue weighted by molar-refractivity contribution is 5.81. The van der Waals surface area contributed by atoms with E-state index in [-0.39, 0.29) is 5.88 Å². The Kier molecular flexibility index (Phi) is 1.88. The molecule has 0 radical (unpaired) electrons. The predicted molar refractivity (Wildman–Crippen MR) is 67.7 cm³/mol. The van der Waals surface area contributed by atoms with Gasteiger partial charge in [-0.15, -0.1) is 5.10 Å². The first-order valence-electron chi connectivity index (χ1n) is 5.69. The summed E-state index contributed by atoms with van der Waals surface area (Å²) in [6.45, 7) is 0. The fourth-order valence-electron chi connectivity index (χ4n) is 2.04. The van der Waals surface area contributed by atoms with E-state index in [2.05, 4.69) is 15.1 Å². The summed E-state index contributed by atoms with van der Waals surface area (Å²) >= 11 is 0. The van der Waals surface area contributed by atoms with E-state index < -0.39 is 0 Å². The molecular weight excluding hydrogens is 244 g/mol. The van der Waals surface area contributed by atoms with Crippen molar-refractivity contribution in [2.24, 2.45) is 0 Å². The Morgan fingerprint density at radius 1 is 1.16 bits per heavy atom. The Bertz CT molecular complexity index is 861. The van der Waals surface area contributed by atoms with E-state index >= 15 is 0 Å². The lowest BCUT2D eigenvalue weighted by molar-refractivity contribution is 0.442. The first-order chi connectivity index (χ1) is 9.31. The second-order valence-electron chi connectivity index (χ2n) is 4.13. The van der Waals surface area contributed by atoms with Crippen LogP contribution in [0, 0.1) is 0 Å². The summed E-state index contributed by atoms with van der Waals surface area (Å²) < 4.78 is 7.28. The van der Waals surface area contributed by atoms with Crippen molar-refractivity contribution < 1.29 is 9.52 Å². The fraction of sp³-hybridized carbons (Fsp3) is 0. The van der Waals surface area contributed by atoms with Crippen LogP contribution in [0.4, 0.5) is 0 Å². The molecule has 4 aromatic heterocycles. The third-order valence-electron chi connectivity index (χ3n) is 2.92. The molecule has 4 rings (SSSR count). The molecule has 0 spiro atoms. The summed E-state index contributed by atoms with van der Waals surface area (Å²) in [6.07, 6.45) is 5.07. The van der Waals surface area contributed by atoms with E-state index in [0.29, 0.717) is 17.1 Å². The lowest BCUT2D eigenvalue weighted by atomic mass is 10.3. The van der Waals surface area contributed by atoms with Crippen LogP contribution in [0.5, 0.6) is 5.88 Å². The number of imidazole rings is 1. The number of rotatable bonds is 1. The van der Waals surface area contributed by atoms with Gasteiger partial charge in [0.1, 0.15) is 11.3 Å². The summed E-state index contributed by atoms with van der Waals surface area (Å²) in [6, 6.07) is 6.86. The Labute approximate surface area is 107 Å². The molecule has 19 heavy (non-hydrogen) atoms. The minimum atomic E-state index is -0.0653. The van der Waals surface area contributed by atoms with Crippen LogP contribution >= 0.6 is 0 Å². The molecule has 0 aliphatic heterocycles. The molecule has 4 heterocycles. The van der Waals surface area contributed by atoms with Crippen LogP contribution in [0.2, 0.25) is 0 Å². The molecule has 0 atom stereocenters. The Morgan fingerprint density at radius 2 is 2.11 bits per heavy atom.